The van der Waals surface area contributed by atoms with Gasteiger partial charge in [-0.25, -0.2) is 9.97 Å². The Morgan fingerprint density at radius 3 is 2.24 bits per heavy atom. The fraction of sp³-hybridized carbons (Fsp3) is 0.100. The number of thiazole rings is 1. The Morgan fingerprint density at radius 1 is 0.880 bits per heavy atom. The number of aliphatic hydroxyl groups excluding tert-OH is 1. The van der Waals surface area contributed by atoms with Crippen LogP contribution in [0.5, 0.6) is 0 Å². The van der Waals surface area contributed by atoms with Crippen LogP contribution >= 0.6 is 11.3 Å². The zero-order valence-corrected chi connectivity index (χ0v) is 14.4. The van der Waals surface area contributed by atoms with Gasteiger partial charge in [0.15, 0.2) is 0 Å². The Kier molecular flexibility index (Phi) is 4.41. The maximum atomic E-state index is 9.39. The van der Waals surface area contributed by atoms with Crippen molar-refractivity contribution in [2.75, 3.05) is 6.61 Å². The van der Waals surface area contributed by atoms with E-state index in [1.54, 1.807) is 17.7 Å². The van der Waals surface area contributed by atoms with Crippen LogP contribution in [0.2, 0.25) is 0 Å². The van der Waals surface area contributed by atoms with Gasteiger partial charge in [0, 0.05) is 23.9 Å². The molecular formula is C20H17N3OS. The molecule has 0 atom stereocenters. The van der Waals surface area contributed by atoms with Crippen LogP contribution in [-0.4, -0.2) is 26.2 Å². The van der Waals surface area contributed by atoms with Crippen LogP contribution in [0.4, 0.5) is 0 Å². The van der Waals surface area contributed by atoms with E-state index < -0.39 is 0 Å². The lowest BCUT2D eigenvalue weighted by Gasteiger charge is -2.07. The second-order valence-corrected chi connectivity index (χ2v) is 6.65. The summed E-state index contributed by atoms with van der Waals surface area (Å²) in [7, 11) is 0. The van der Waals surface area contributed by atoms with Crippen LogP contribution in [0.15, 0.2) is 73.2 Å². The fourth-order valence-corrected chi connectivity index (χ4v) is 3.81. The van der Waals surface area contributed by atoms with E-state index in [9.17, 15) is 5.11 Å². The summed E-state index contributed by atoms with van der Waals surface area (Å²) in [5.41, 5.74) is 4.08. The molecule has 2 heterocycles. The summed E-state index contributed by atoms with van der Waals surface area (Å²) in [5.74, 6) is 0. The minimum atomic E-state index is 0.0714. The Bertz CT molecular complexity index is 961. The Hall–Kier alpha value is -2.76. The molecule has 0 aliphatic heterocycles. The molecular weight excluding hydrogens is 330 g/mol. The molecule has 0 aliphatic rings. The molecule has 0 unspecified atom stereocenters. The molecule has 0 spiro atoms. The van der Waals surface area contributed by atoms with Crippen molar-refractivity contribution in [3.8, 4) is 32.4 Å². The van der Waals surface area contributed by atoms with Gasteiger partial charge in [0.2, 0.25) is 0 Å². The summed E-state index contributed by atoms with van der Waals surface area (Å²) in [6.07, 6.45) is 3.68. The van der Waals surface area contributed by atoms with Gasteiger partial charge in [-0.15, -0.1) is 11.3 Å². The van der Waals surface area contributed by atoms with Crippen molar-refractivity contribution in [2.45, 2.75) is 6.54 Å². The molecule has 2 aromatic carbocycles. The molecule has 25 heavy (non-hydrogen) atoms. The van der Waals surface area contributed by atoms with Crippen LogP contribution < -0.4 is 0 Å². The van der Waals surface area contributed by atoms with E-state index in [1.165, 1.54) is 0 Å². The van der Waals surface area contributed by atoms with Gasteiger partial charge < -0.3 is 9.67 Å². The Balaban J connectivity index is 1.82. The van der Waals surface area contributed by atoms with Gasteiger partial charge in [-0.05, 0) is 0 Å². The maximum Gasteiger partial charge on any atom is 0.123 e. The molecule has 0 saturated carbocycles. The van der Waals surface area contributed by atoms with Gasteiger partial charge in [-0.2, -0.15) is 0 Å². The highest BCUT2D eigenvalue weighted by molar-refractivity contribution is 7.18. The topological polar surface area (TPSA) is 50.9 Å². The first-order valence-corrected chi connectivity index (χ1v) is 8.91. The maximum absolute atomic E-state index is 9.39. The minimum absolute atomic E-state index is 0.0714. The molecule has 1 N–H and O–H groups in total. The number of imidazole rings is 1. The zero-order valence-electron chi connectivity index (χ0n) is 13.5. The lowest BCUT2D eigenvalue weighted by Crippen LogP contribution is -2.02. The molecule has 0 fully saturated rings. The summed E-state index contributed by atoms with van der Waals surface area (Å²) >= 11 is 1.64. The predicted octanol–water partition coefficient (Wildman–Crippen LogP) is 4.33. The molecule has 0 bridgehead atoms. The number of aliphatic hydroxyl groups is 1. The van der Waals surface area contributed by atoms with E-state index in [4.69, 9.17) is 0 Å². The minimum Gasteiger partial charge on any atom is -0.395 e. The van der Waals surface area contributed by atoms with Gasteiger partial charge in [0.05, 0.1) is 29.2 Å². The first-order chi connectivity index (χ1) is 12.4. The van der Waals surface area contributed by atoms with Crippen LogP contribution in [0.3, 0.4) is 0 Å². The standard InChI is InChI=1S/C20H17N3OS/c24-12-11-23-14-22-18(15-7-3-1-4-8-15)19(23)17-13-21-20(25-17)16-9-5-2-6-10-16/h1-10,13-14,24H,11-12H2. The van der Waals surface area contributed by atoms with E-state index in [2.05, 4.69) is 22.1 Å². The quantitative estimate of drug-likeness (QED) is 0.584. The van der Waals surface area contributed by atoms with Gasteiger partial charge >= 0.3 is 0 Å². The molecule has 0 radical (unpaired) electrons. The van der Waals surface area contributed by atoms with E-state index in [0.29, 0.717) is 6.54 Å². The van der Waals surface area contributed by atoms with Gasteiger partial charge in [0.25, 0.3) is 0 Å². The fourth-order valence-electron chi connectivity index (χ4n) is 2.82. The normalized spacial score (nSPS) is 10.9. The number of nitrogens with zero attached hydrogens (tertiary/aromatic N) is 3. The third-order valence-corrected chi connectivity index (χ3v) is 5.04. The molecule has 2 aromatic heterocycles. The largest absolute Gasteiger partial charge is 0.395 e. The summed E-state index contributed by atoms with van der Waals surface area (Å²) in [6, 6.07) is 20.3. The molecule has 5 heteroatoms. The highest BCUT2D eigenvalue weighted by Crippen LogP contribution is 2.37. The Morgan fingerprint density at radius 2 is 1.56 bits per heavy atom. The monoisotopic (exact) mass is 347 g/mol. The number of hydrogen-bond donors (Lipinski definition) is 1. The summed E-state index contributed by atoms with van der Waals surface area (Å²) in [4.78, 5) is 10.2. The van der Waals surface area contributed by atoms with Crippen molar-refractivity contribution in [2.24, 2.45) is 0 Å². The molecule has 4 aromatic rings. The first-order valence-electron chi connectivity index (χ1n) is 8.10. The van der Waals surface area contributed by atoms with Crippen molar-refractivity contribution in [1.82, 2.24) is 14.5 Å². The van der Waals surface area contributed by atoms with Crippen LogP contribution in [-0.2, 0) is 6.54 Å². The van der Waals surface area contributed by atoms with Crippen molar-refractivity contribution >= 4 is 11.3 Å². The molecule has 4 nitrogen and oxygen atoms in total. The van der Waals surface area contributed by atoms with Gasteiger partial charge in [-0.1, -0.05) is 60.7 Å². The highest BCUT2D eigenvalue weighted by atomic mass is 32.1. The van der Waals surface area contributed by atoms with E-state index in [-0.39, 0.29) is 6.61 Å². The number of hydrogen-bond acceptors (Lipinski definition) is 4. The third-order valence-electron chi connectivity index (χ3n) is 3.99. The van der Waals surface area contributed by atoms with Crippen molar-refractivity contribution in [1.29, 1.82) is 0 Å². The molecule has 0 aliphatic carbocycles. The summed E-state index contributed by atoms with van der Waals surface area (Å²) < 4.78 is 1.99. The van der Waals surface area contributed by atoms with Crippen molar-refractivity contribution in [3.05, 3.63) is 73.2 Å². The number of benzene rings is 2. The number of rotatable bonds is 5. The average Bonchev–Trinajstić information content (AvgIpc) is 3.30. The van der Waals surface area contributed by atoms with Crippen molar-refractivity contribution in [3.63, 3.8) is 0 Å². The highest BCUT2D eigenvalue weighted by Gasteiger charge is 2.17. The smallest absolute Gasteiger partial charge is 0.123 e. The van der Waals surface area contributed by atoms with Gasteiger partial charge in [0.1, 0.15) is 5.01 Å². The molecule has 0 amide bonds. The van der Waals surface area contributed by atoms with E-state index in [0.717, 1.165) is 32.4 Å². The average molecular weight is 347 g/mol. The van der Waals surface area contributed by atoms with Crippen molar-refractivity contribution < 1.29 is 5.11 Å². The summed E-state index contributed by atoms with van der Waals surface area (Å²) in [5, 5.41) is 10.4. The predicted molar refractivity (Wildman–Crippen MR) is 101 cm³/mol. The van der Waals surface area contributed by atoms with E-state index >= 15 is 0 Å². The molecule has 4 rings (SSSR count). The Labute approximate surface area is 150 Å². The molecule has 0 saturated heterocycles. The second-order valence-electron chi connectivity index (χ2n) is 5.62. The molecule has 124 valence electrons. The van der Waals surface area contributed by atoms with Gasteiger partial charge in [-0.3, -0.25) is 0 Å². The summed E-state index contributed by atoms with van der Waals surface area (Å²) in [6.45, 7) is 0.579. The SMILES string of the molecule is OCCn1cnc(-c2ccccc2)c1-c1cnc(-c2ccccc2)s1. The van der Waals surface area contributed by atoms with Crippen LogP contribution in [0.25, 0.3) is 32.4 Å². The van der Waals surface area contributed by atoms with E-state index in [1.807, 2.05) is 59.3 Å². The van der Waals surface area contributed by atoms with Crippen LogP contribution in [0.1, 0.15) is 0 Å². The first kappa shape index (κ1) is 15.7. The lowest BCUT2D eigenvalue weighted by atomic mass is 10.1. The number of aromatic nitrogens is 3. The third kappa shape index (κ3) is 3.12. The lowest BCUT2D eigenvalue weighted by molar-refractivity contribution is 0.276. The zero-order chi connectivity index (χ0) is 17.1. The second kappa shape index (κ2) is 7.01. The van der Waals surface area contributed by atoms with Crippen LogP contribution in [0, 0.1) is 0 Å².